The Bertz CT molecular complexity index is 482. The van der Waals surface area contributed by atoms with Gasteiger partial charge in [0.25, 0.3) is 0 Å². The first-order chi connectivity index (χ1) is 9.58. The zero-order valence-electron chi connectivity index (χ0n) is 12.2. The largest absolute Gasteiger partial charge is 0.497 e. The van der Waals surface area contributed by atoms with E-state index in [4.69, 9.17) is 10.00 Å². The van der Waals surface area contributed by atoms with Crippen LogP contribution in [0.4, 0.5) is 5.69 Å². The lowest BCUT2D eigenvalue weighted by molar-refractivity contribution is -0.117. The number of hydrogen-bond donors (Lipinski definition) is 1. The number of likely N-dealkylation sites (N-methyl/N-ethyl adjacent to an activating group) is 1. The van der Waals surface area contributed by atoms with Gasteiger partial charge in [-0.3, -0.25) is 9.69 Å². The van der Waals surface area contributed by atoms with Gasteiger partial charge in [-0.1, -0.05) is 13.0 Å². The Morgan fingerprint density at radius 3 is 2.90 bits per heavy atom. The molecule has 108 valence electrons. The zero-order chi connectivity index (χ0) is 15.0. The summed E-state index contributed by atoms with van der Waals surface area (Å²) in [6, 6.07) is 9.41. The van der Waals surface area contributed by atoms with Crippen LogP contribution < -0.4 is 10.1 Å². The molecule has 0 fully saturated rings. The van der Waals surface area contributed by atoms with E-state index in [1.165, 1.54) is 0 Å². The number of amides is 1. The fourth-order valence-electron chi connectivity index (χ4n) is 1.84. The number of nitriles is 1. The van der Waals surface area contributed by atoms with Gasteiger partial charge < -0.3 is 10.1 Å². The van der Waals surface area contributed by atoms with Gasteiger partial charge >= 0.3 is 0 Å². The molecular weight excluding hydrogens is 254 g/mol. The molecule has 1 amide bonds. The summed E-state index contributed by atoms with van der Waals surface area (Å²) in [5.74, 6) is 0.526. The third kappa shape index (κ3) is 5.29. The van der Waals surface area contributed by atoms with Crippen molar-refractivity contribution in [2.75, 3.05) is 32.1 Å². The number of benzene rings is 1. The molecule has 0 aliphatic carbocycles. The predicted molar refractivity (Wildman–Crippen MR) is 78.5 cm³/mol. The second-order valence-corrected chi connectivity index (χ2v) is 4.64. The molecular formula is C15H21N3O2. The number of ether oxygens (including phenoxy) is 1. The number of carbonyl (C=O) groups excluding carboxylic acids is 1. The van der Waals surface area contributed by atoms with Crippen LogP contribution in [0.1, 0.15) is 13.8 Å². The lowest BCUT2D eigenvalue weighted by atomic mass is 10.2. The van der Waals surface area contributed by atoms with Crippen LogP contribution in [0.3, 0.4) is 0 Å². The third-order valence-electron chi connectivity index (χ3n) is 2.92. The topological polar surface area (TPSA) is 65.4 Å². The summed E-state index contributed by atoms with van der Waals surface area (Å²) < 4.78 is 5.11. The molecule has 0 unspecified atom stereocenters. The molecule has 0 saturated heterocycles. The fraction of sp³-hybridized carbons (Fsp3) is 0.467. The highest BCUT2D eigenvalue weighted by Crippen LogP contribution is 2.16. The Labute approximate surface area is 120 Å². The van der Waals surface area contributed by atoms with Crippen molar-refractivity contribution in [1.29, 1.82) is 5.26 Å². The van der Waals surface area contributed by atoms with E-state index in [0.717, 1.165) is 6.54 Å². The van der Waals surface area contributed by atoms with Crippen molar-refractivity contribution in [1.82, 2.24) is 4.90 Å². The van der Waals surface area contributed by atoms with Crippen LogP contribution in [0.25, 0.3) is 0 Å². The Kier molecular flexibility index (Phi) is 6.54. The molecule has 0 aliphatic heterocycles. The number of nitrogens with zero attached hydrogens (tertiary/aromatic N) is 2. The van der Waals surface area contributed by atoms with Gasteiger partial charge in [-0.2, -0.15) is 5.26 Å². The summed E-state index contributed by atoms with van der Waals surface area (Å²) in [5.41, 5.74) is 0.707. The van der Waals surface area contributed by atoms with E-state index in [0.29, 0.717) is 18.0 Å². The van der Waals surface area contributed by atoms with Crippen molar-refractivity contribution >= 4 is 11.6 Å². The standard InChI is InChI=1S/C15H21N3O2/c1-4-18(10-12(2)9-16)11-15(19)17-13-6-5-7-14(8-13)20-3/h5-8,12H,4,10-11H2,1-3H3,(H,17,19)/t12-/m1/s1. The first-order valence-electron chi connectivity index (χ1n) is 6.65. The summed E-state index contributed by atoms with van der Waals surface area (Å²) in [6.45, 7) is 5.43. The molecule has 0 aromatic heterocycles. The molecule has 0 heterocycles. The third-order valence-corrected chi connectivity index (χ3v) is 2.92. The molecule has 0 saturated carbocycles. The molecule has 0 radical (unpaired) electrons. The predicted octanol–water partition coefficient (Wildman–Crippen LogP) is 2.12. The van der Waals surface area contributed by atoms with Gasteiger partial charge in [-0.05, 0) is 25.6 Å². The zero-order valence-corrected chi connectivity index (χ0v) is 12.2. The van der Waals surface area contributed by atoms with E-state index < -0.39 is 0 Å². The number of anilines is 1. The average Bonchev–Trinajstić information content (AvgIpc) is 2.46. The Morgan fingerprint density at radius 2 is 2.30 bits per heavy atom. The van der Waals surface area contributed by atoms with Gasteiger partial charge in [0, 0.05) is 18.3 Å². The van der Waals surface area contributed by atoms with Crippen molar-refractivity contribution in [2.24, 2.45) is 5.92 Å². The van der Waals surface area contributed by atoms with Crippen LogP contribution in [0.15, 0.2) is 24.3 Å². The van der Waals surface area contributed by atoms with E-state index in [2.05, 4.69) is 11.4 Å². The molecule has 1 N–H and O–H groups in total. The van der Waals surface area contributed by atoms with Gasteiger partial charge in [-0.15, -0.1) is 0 Å². The summed E-state index contributed by atoms with van der Waals surface area (Å²) >= 11 is 0. The van der Waals surface area contributed by atoms with Gasteiger partial charge in [0.1, 0.15) is 5.75 Å². The summed E-state index contributed by atoms with van der Waals surface area (Å²) in [6.07, 6.45) is 0. The van der Waals surface area contributed by atoms with Crippen molar-refractivity contribution in [2.45, 2.75) is 13.8 Å². The second kappa shape index (κ2) is 8.18. The summed E-state index contributed by atoms with van der Waals surface area (Å²) in [7, 11) is 1.59. The first-order valence-corrected chi connectivity index (χ1v) is 6.65. The molecule has 5 heteroatoms. The van der Waals surface area contributed by atoms with Crippen LogP contribution in [0, 0.1) is 17.2 Å². The smallest absolute Gasteiger partial charge is 0.238 e. The maximum atomic E-state index is 12.0. The highest BCUT2D eigenvalue weighted by Gasteiger charge is 2.12. The SMILES string of the molecule is CCN(CC(=O)Nc1cccc(OC)c1)C[C@H](C)C#N. The van der Waals surface area contributed by atoms with E-state index in [-0.39, 0.29) is 18.4 Å². The molecule has 0 spiro atoms. The maximum absolute atomic E-state index is 12.0. The minimum atomic E-state index is -0.0924. The summed E-state index contributed by atoms with van der Waals surface area (Å²) in [4.78, 5) is 13.9. The number of methoxy groups -OCH3 is 1. The molecule has 1 aromatic carbocycles. The molecule has 5 nitrogen and oxygen atoms in total. The van der Waals surface area contributed by atoms with E-state index in [1.807, 2.05) is 36.9 Å². The van der Waals surface area contributed by atoms with Crippen molar-refractivity contribution in [3.63, 3.8) is 0 Å². The highest BCUT2D eigenvalue weighted by molar-refractivity contribution is 5.92. The van der Waals surface area contributed by atoms with E-state index >= 15 is 0 Å². The minimum absolute atomic E-state index is 0.0837. The monoisotopic (exact) mass is 275 g/mol. The molecule has 0 aliphatic rings. The molecule has 20 heavy (non-hydrogen) atoms. The summed E-state index contributed by atoms with van der Waals surface area (Å²) in [5, 5.41) is 11.6. The quantitative estimate of drug-likeness (QED) is 0.827. The van der Waals surface area contributed by atoms with Crippen molar-refractivity contribution in [3.8, 4) is 11.8 Å². The molecule has 1 atom stereocenters. The average molecular weight is 275 g/mol. The van der Waals surface area contributed by atoms with Gasteiger partial charge in [-0.25, -0.2) is 0 Å². The van der Waals surface area contributed by atoms with Gasteiger partial charge in [0.15, 0.2) is 0 Å². The van der Waals surface area contributed by atoms with Crippen molar-refractivity contribution in [3.05, 3.63) is 24.3 Å². The highest BCUT2D eigenvalue weighted by atomic mass is 16.5. The second-order valence-electron chi connectivity index (χ2n) is 4.64. The lowest BCUT2D eigenvalue weighted by Crippen LogP contribution is -2.35. The molecule has 1 aromatic rings. The van der Waals surface area contributed by atoms with Crippen LogP contribution in [-0.4, -0.2) is 37.6 Å². The minimum Gasteiger partial charge on any atom is -0.497 e. The lowest BCUT2D eigenvalue weighted by Gasteiger charge is -2.20. The number of rotatable bonds is 7. The number of hydrogen-bond acceptors (Lipinski definition) is 4. The van der Waals surface area contributed by atoms with Gasteiger partial charge in [0.05, 0.1) is 25.6 Å². The Balaban J connectivity index is 2.55. The number of nitrogens with one attached hydrogen (secondary N) is 1. The van der Waals surface area contributed by atoms with Crippen LogP contribution >= 0.6 is 0 Å². The normalized spacial score (nSPS) is 11.8. The van der Waals surface area contributed by atoms with Gasteiger partial charge in [0.2, 0.25) is 5.91 Å². The number of carbonyl (C=O) groups is 1. The van der Waals surface area contributed by atoms with Crippen LogP contribution in [0.2, 0.25) is 0 Å². The van der Waals surface area contributed by atoms with Crippen LogP contribution in [-0.2, 0) is 4.79 Å². The molecule has 0 bridgehead atoms. The first kappa shape index (κ1) is 16.0. The fourth-order valence-corrected chi connectivity index (χ4v) is 1.84. The Hall–Kier alpha value is -2.06. The molecule has 1 rings (SSSR count). The Morgan fingerprint density at radius 1 is 1.55 bits per heavy atom. The maximum Gasteiger partial charge on any atom is 0.238 e. The van der Waals surface area contributed by atoms with E-state index in [9.17, 15) is 4.79 Å². The van der Waals surface area contributed by atoms with Crippen molar-refractivity contribution < 1.29 is 9.53 Å². The van der Waals surface area contributed by atoms with E-state index in [1.54, 1.807) is 13.2 Å². The van der Waals surface area contributed by atoms with Crippen LogP contribution in [0.5, 0.6) is 5.75 Å².